The number of para-hydroxylation sites is 1. The number of anilines is 1. The molecule has 5 nitrogen and oxygen atoms in total. The molecule has 1 rings (SSSR count). The average molecular weight is 249 g/mol. The molecule has 0 aliphatic carbocycles. The number of hydrogen-bond donors (Lipinski definition) is 2. The highest BCUT2D eigenvalue weighted by molar-refractivity contribution is 6.12. The molecule has 0 aliphatic rings. The lowest BCUT2D eigenvalue weighted by atomic mass is 9.90. The van der Waals surface area contributed by atoms with Crippen LogP contribution in [0, 0.1) is 5.41 Å². The summed E-state index contributed by atoms with van der Waals surface area (Å²) in [5, 5.41) is 11.7. The van der Waals surface area contributed by atoms with Crippen LogP contribution in [0.15, 0.2) is 35.5 Å². The molecule has 0 saturated heterocycles. The van der Waals surface area contributed by atoms with Crippen molar-refractivity contribution in [2.45, 2.75) is 20.8 Å². The van der Waals surface area contributed by atoms with E-state index in [1.807, 2.05) is 37.3 Å². The fraction of sp³-hybridized carbons (Fsp3) is 0.385. The van der Waals surface area contributed by atoms with Gasteiger partial charge in [-0.15, -0.1) is 0 Å². The zero-order valence-corrected chi connectivity index (χ0v) is 10.9. The number of nitrogens with two attached hydrogens (primary N) is 1. The predicted molar refractivity (Wildman–Crippen MR) is 71.7 cm³/mol. The van der Waals surface area contributed by atoms with Gasteiger partial charge in [-0.05, 0) is 32.9 Å². The largest absolute Gasteiger partial charge is 0.409 e. The Morgan fingerprint density at radius 1 is 1.39 bits per heavy atom. The van der Waals surface area contributed by atoms with Crippen LogP contribution in [0.25, 0.3) is 0 Å². The van der Waals surface area contributed by atoms with E-state index in [1.54, 1.807) is 18.7 Å². The first kappa shape index (κ1) is 14.0. The third kappa shape index (κ3) is 2.61. The molecule has 0 atom stereocenters. The molecule has 3 N–H and O–H groups in total. The first-order valence-corrected chi connectivity index (χ1v) is 5.80. The number of nitrogens with zero attached hydrogens (tertiary/aromatic N) is 2. The highest BCUT2D eigenvalue weighted by Gasteiger charge is 2.36. The van der Waals surface area contributed by atoms with E-state index in [0.29, 0.717) is 6.54 Å². The molecule has 0 unspecified atom stereocenters. The van der Waals surface area contributed by atoms with Crippen molar-refractivity contribution >= 4 is 17.4 Å². The average Bonchev–Trinajstić information content (AvgIpc) is 2.39. The summed E-state index contributed by atoms with van der Waals surface area (Å²) >= 11 is 0. The lowest BCUT2D eigenvalue weighted by Crippen LogP contribution is -2.48. The first-order valence-electron chi connectivity index (χ1n) is 5.80. The van der Waals surface area contributed by atoms with E-state index in [2.05, 4.69) is 5.16 Å². The van der Waals surface area contributed by atoms with Crippen molar-refractivity contribution in [1.82, 2.24) is 0 Å². The van der Waals surface area contributed by atoms with Crippen LogP contribution in [-0.2, 0) is 4.79 Å². The maximum Gasteiger partial charge on any atom is 0.240 e. The summed E-state index contributed by atoms with van der Waals surface area (Å²) < 4.78 is 0. The molecule has 0 radical (unpaired) electrons. The Hall–Kier alpha value is -2.04. The van der Waals surface area contributed by atoms with E-state index in [0.717, 1.165) is 5.69 Å². The van der Waals surface area contributed by atoms with Gasteiger partial charge in [-0.2, -0.15) is 0 Å². The van der Waals surface area contributed by atoms with Crippen LogP contribution in [0.2, 0.25) is 0 Å². The van der Waals surface area contributed by atoms with Crippen LogP contribution in [-0.4, -0.2) is 23.5 Å². The fourth-order valence-electron chi connectivity index (χ4n) is 1.62. The van der Waals surface area contributed by atoms with E-state index < -0.39 is 5.41 Å². The van der Waals surface area contributed by atoms with Gasteiger partial charge in [0.15, 0.2) is 5.84 Å². The van der Waals surface area contributed by atoms with E-state index in [-0.39, 0.29) is 11.7 Å². The van der Waals surface area contributed by atoms with Gasteiger partial charge in [-0.25, -0.2) is 0 Å². The normalized spacial score (nSPS) is 12.3. The Morgan fingerprint density at radius 3 is 2.39 bits per heavy atom. The molecule has 98 valence electrons. The molecule has 0 heterocycles. The first-order chi connectivity index (χ1) is 8.45. The van der Waals surface area contributed by atoms with E-state index in [1.165, 1.54) is 0 Å². The summed E-state index contributed by atoms with van der Waals surface area (Å²) in [6, 6.07) is 9.31. The number of hydrogen-bond acceptors (Lipinski definition) is 3. The monoisotopic (exact) mass is 249 g/mol. The predicted octanol–water partition coefficient (Wildman–Crippen LogP) is 1.81. The van der Waals surface area contributed by atoms with Gasteiger partial charge in [0.05, 0.1) is 0 Å². The minimum Gasteiger partial charge on any atom is -0.409 e. The number of carbonyl (C=O) groups is 1. The molecule has 0 saturated carbocycles. The number of amides is 1. The van der Waals surface area contributed by atoms with E-state index in [9.17, 15) is 4.79 Å². The second-order valence-electron chi connectivity index (χ2n) is 4.50. The van der Waals surface area contributed by atoms with Gasteiger partial charge in [-0.1, -0.05) is 23.4 Å². The van der Waals surface area contributed by atoms with Crippen LogP contribution < -0.4 is 10.6 Å². The van der Waals surface area contributed by atoms with Crippen LogP contribution in [0.3, 0.4) is 0 Å². The van der Waals surface area contributed by atoms with Crippen molar-refractivity contribution in [1.29, 1.82) is 0 Å². The zero-order valence-electron chi connectivity index (χ0n) is 10.9. The molecule has 0 aromatic heterocycles. The SMILES string of the molecule is CCN(C(=O)C(C)(C)C(N)=NO)c1ccccc1. The maximum atomic E-state index is 12.5. The Balaban J connectivity index is 3.08. The Kier molecular flexibility index (Phi) is 4.31. The van der Waals surface area contributed by atoms with Gasteiger partial charge < -0.3 is 15.8 Å². The number of rotatable bonds is 4. The van der Waals surface area contributed by atoms with Crippen LogP contribution >= 0.6 is 0 Å². The second kappa shape index (κ2) is 5.53. The number of benzene rings is 1. The van der Waals surface area contributed by atoms with Gasteiger partial charge >= 0.3 is 0 Å². The van der Waals surface area contributed by atoms with Crippen LogP contribution in [0.4, 0.5) is 5.69 Å². The Labute approximate surface area is 107 Å². The van der Waals surface area contributed by atoms with Crippen LogP contribution in [0.1, 0.15) is 20.8 Å². The molecule has 1 amide bonds. The molecule has 0 aliphatic heterocycles. The van der Waals surface area contributed by atoms with Crippen LogP contribution in [0.5, 0.6) is 0 Å². The maximum absolute atomic E-state index is 12.5. The van der Waals surface area contributed by atoms with Gasteiger partial charge in [0.1, 0.15) is 5.41 Å². The van der Waals surface area contributed by atoms with E-state index >= 15 is 0 Å². The number of carbonyl (C=O) groups excluding carboxylic acids is 1. The highest BCUT2D eigenvalue weighted by atomic mass is 16.4. The molecular formula is C13H19N3O2. The molecule has 1 aromatic rings. The van der Waals surface area contributed by atoms with Crippen molar-refractivity contribution in [2.24, 2.45) is 16.3 Å². The lowest BCUT2D eigenvalue weighted by molar-refractivity contribution is -0.123. The Bertz CT molecular complexity index is 441. The minimum absolute atomic E-state index is 0.0955. The van der Waals surface area contributed by atoms with E-state index in [4.69, 9.17) is 10.9 Å². The third-order valence-corrected chi connectivity index (χ3v) is 2.91. The highest BCUT2D eigenvalue weighted by Crippen LogP contribution is 2.23. The van der Waals surface area contributed by atoms with Crippen molar-refractivity contribution in [2.75, 3.05) is 11.4 Å². The van der Waals surface area contributed by atoms with Crippen molar-refractivity contribution in [3.05, 3.63) is 30.3 Å². The summed E-state index contributed by atoms with van der Waals surface area (Å²) in [7, 11) is 0. The Morgan fingerprint density at radius 2 is 1.94 bits per heavy atom. The molecular weight excluding hydrogens is 230 g/mol. The van der Waals surface area contributed by atoms with Crippen molar-refractivity contribution in [3.63, 3.8) is 0 Å². The topological polar surface area (TPSA) is 78.9 Å². The lowest BCUT2D eigenvalue weighted by Gasteiger charge is -2.30. The van der Waals surface area contributed by atoms with Gasteiger partial charge in [0, 0.05) is 12.2 Å². The molecule has 0 spiro atoms. The third-order valence-electron chi connectivity index (χ3n) is 2.91. The fourth-order valence-corrected chi connectivity index (χ4v) is 1.62. The smallest absolute Gasteiger partial charge is 0.240 e. The molecule has 0 bridgehead atoms. The van der Waals surface area contributed by atoms with Gasteiger partial charge in [-0.3, -0.25) is 4.79 Å². The van der Waals surface area contributed by atoms with Gasteiger partial charge in [0.2, 0.25) is 5.91 Å². The summed E-state index contributed by atoms with van der Waals surface area (Å²) in [6.45, 7) is 5.67. The summed E-state index contributed by atoms with van der Waals surface area (Å²) in [5.74, 6) is -0.298. The number of amidine groups is 1. The molecule has 0 fully saturated rings. The standard InChI is InChI=1S/C13H19N3O2/c1-4-16(10-8-6-5-7-9-10)12(17)13(2,3)11(14)15-18/h5-9,18H,4H2,1-3H3,(H2,14,15). The molecule has 5 heteroatoms. The summed E-state index contributed by atoms with van der Waals surface area (Å²) in [6.07, 6.45) is 0. The van der Waals surface area contributed by atoms with Gasteiger partial charge in [0.25, 0.3) is 0 Å². The minimum atomic E-state index is -1.04. The number of oxime groups is 1. The van der Waals surface area contributed by atoms with Crippen molar-refractivity contribution in [3.8, 4) is 0 Å². The summed E-state index contributed by atoms with van der Waals surface area (Å²) in [4.78, 5) is 14.1. The second-order valence-corrected chi connectivity index (χ2v) is 4.50. The zero-order chi connectivity index (χ0) is 13.8. The quantitative estimate of drug-likeness (QED) is 0.369. The summed E-state index contributed by atoms with van der Waals surface area (Å²) in [5.41, 5.74) is 5.33. The molecule has 18 heavy (non-hydrogen) atoms. The van der Waals surface area contributed by atoms with Crippen molar-refractivity contribution < 1.29 is 10.0 Å². The molecule has 1 aromatic carbocycles.